The van der Waals surface area contributed by atoms with Gasteiger partial charge in [0.25, 0.3) is 5.56 Å². The van der Waals surface area contributed by atoms with Crippen LogP contribution in [-0.2, 0) is 16.2 Å². The van der Waals surface area contributed by atoms with Crippen molar-refractivity contribution >= 4 is 23.0 Å². The van der Waals surface area contributed by atoms with Crippen LogP contribution in [0.2, 0.25) is 0 Å². The van der Waals surface area contributed by atoms with E-state index in [0.717, 1.165) is 10.9 Å². The van der Waals surface area contributed by atoms with E-state index in [4.69, 9.17) is 9.47 Å². The number of rotatable bonds is 6. The molecule has 0 unspecified atom stereocenters. The number of carbonyl (C=O) groups is 1. The molecule has 3 aromatic rings. The van der Waals surface area contributed by atoms with E-state index in [9.17, 15) is 9.59 Å². The molecular weight excluding hydrogens is 348 g/mol. The van der Waals surface area contributed by atoms with Gasteiger partial charge >= 0.3 is 5.97 Å². The van der Waals surface area contributed by atoms with E-state index in [-0.39, 0.29) is 24.3 Å². The van der Waals surface area contributed by atoms with E-state index in [0.29, 0.717) is 17.2 Å². The number of anilines is 1. The standard InChI is InChI=1S/C19H20N4O4/c1-12(13-4-6-14(7-5-13)18(25)27-3)21-19-20-10-15-8-9-16(24)23(11-26-2)17(15)22-19/h4-10,12H,11H2,1-3H3,(H,20,21,22)/t12-/m0/s1. The first-order valence-corrected chi connectivity index (χ1v) is 8.34. The molecular formula is C19H20N4O4. The van der Waals surface area contributed by atoms with Gasteiger partial charge in [-0.05, 0) is 30.7 Å². The zero-order chi connectivity index (χ0) is 19.4. The third-order valence-corrected chi connectivity index (χ3v) is 4.16. The lowest BCUT2D eigenvalue weighted by molar-refractivity contribution is 0.0600. The molecule has 0 aliphatic rings. The highest BCUT2D eigenvalue weighted by Gasteiger charge is 2.11. The molecule has 1 aromatic carbocycles. The number of fused-ring (bicyclic) bond motifs is 1. The molecule has 0 saturated carbocycles. The third kappa shape index (κ3) is 3.95. The Hall–Kier alpha value is -3.26. The van der Waals surface area contributed by atoms with Gasteiger partial charge in [-0.1, -0.05) is 12.1 Å². The van der Waals surface area contributed by atoms with Crippen molar-refractivity contribution in [3.8, 4) is 0 Å². The van der Waals surface area contributed by atoms with E-state index in [2.05, 4.69) is 15.3 Å². The summed E-state index contributed by atoms with van der Waals surface area (Å²) in [7, 11) is 2.87. The second kappa shape index (κ2) is 7.96. The minimum absolute atomic E-state index is 0.108. The Labute approximate surface area is 155 Å². The molecule has 8 heteroatoms. The smallest absolute Gasteiger partial charge is 0.337 e. The van der Waals surface area contributed by atoms with Gasteiger partial charge in [0, 0.05) is 24.8 Å². The Morgan fingerprint density at radius 1 is 1.19 bits per heavy atom. The number of benzene rings is 1. The first kappa shape index (κ1) is 18.5. The van der Waals surface area contributed by atoms with Crippen LogP contribution < -0.4 is 10.9 Å². The molecule has 0 saturated heterocycles. The summed E-state index contributed by atoms with van der Waals surface area (Å²) < 4.78 is 11.2. The number of hydrogen-bond acceptors (Lipinski definition) is 7. The monoisotopic (exact) mass is 368 g/mol. The van der Waals surface area contributed by atoms with Crippen LogP contribution in [0.15, 0.2) is 47.4 Å². The highest BCUT2D eigenvalue weighted by molar-refractivity contribution is 5.89. The lowest BCUT2D eigenvalue weighted by Gasteiger charge is -2.15. The molecule has 8 nitrogen and oxygen atoms in total. The Morgan fingerprint density at radius 3 is 2.59 bits per heavy atom. The molecule has 0 bridgehead atoms. The minimum atomic E-state index is -0.379. The first-order chi connectivity index (χ1) is 13.0. The molecule has 2 aromatic heterocycles. The fraction of sp³-hybridized carbons (Fsp3) is 0.263. The summed E-state index contributed by atoms with van der Waals surface area (Å²) in [5.74, 6) is 0.0126. The second-order valence-electron chi connectivity index (χ2n) is 5.97. The van der Waals surface area contributed by atoms with Crippen molar-refractivity contribution in [3.63, 3.8) is 0 Å². The van der Waals surface area contributed by atoms with Crippen molar-refractivity contribution in [2.24, 2.45) is 0 Å². The van der Waals surface area contributed by atoms with Crippen LogP contribution in [-0.4, -0.2) is 34.7 Å². The van der Waals surface area contributed by atoms with Crippen molar-refractivity contribution in [1.29, 1.82) is 0 Å². The highest BCUT2D eigenvalue weighted by Crippen LogP contribution is 2.19. The number of esters is 1. The van der Waals surface area contributed by atoms with Crippen LogP contribution in [0.4, 0.5) is 5.95 Å². The number of carbonyl (C=O) groups excluding carboxylic acids is 1. The summed E-state index contributed by atoms with van der Waals surface area (Å²) in [6.45, 7) is 2.06. The van der Waals surface area contributed by atoms with Crippen LogP contribution in [0.5, 0.6) is 0 Å². The lowest BCUT2D eigenvalue weighted by atomic mass is 10.1. The van der Waals surface area contributed by atoms with E-state index < -0.39 is 0 Å². The van der Waals surface area contributed by atoms with E-state index in [1.807, 2.05) is 19.1 Å². The maximum atomic E-state index is 12.1. The second-order valence-corrected chi connectivity index (χ2v) is 5.97. The molecule has 1 N–H and O–H groups in total. The molecule has 140 valence electrons. The zero-order valence-corrected chi connectivity index (χ0v) is 15.3. The van der Waals surface area contributed by atoms with Gasteiger partial charge in [0.05, 0.1) is 18.7 Å². The van der Waals surface area contributed by atoms with Crippen LogP contribution in [0.1, 0.15) is 28.9 Å². The van der Waals surface area contributed by atoms with Crippen LogP contribution in [0, 0.1) is 0 Å². The predicted molar refractivity (Wildman–Crippen MR) is 101 cm³/mol. The van der Waals surface area contributed by atoms with Gasteiger partial charge < -0.3 is 14.8 Å². The Balaban J connectivity index is 1.86. The number of pyridine rings is 1. The van der Waals surface area contributed by atoms with Gasteiger partial charge in [-0.3, -0.25) is 9.36 Å². The first-order valence-electron chi connectivity index (χ1n) is 8.34. The summed E-state index contributed by atoms with van der Waals surface area (Å²) >= 11 is 0. The number of methoxy groups -OCH3 is 2. The number of aromatic nitrogens is 3. The average molecular weight is 368 g/mol. The average Bonchev–Trinajstić information content (AvgIpc) is 2.69. The minimum Gasteiger partial charge on any atom is -0.465 e. The Kier molecular flexibility index (Phi) is 5.46. The number of hydrogen-bond donors (Lipinski definition) is 1. The molecule has 0 amide bonds. The maximum absolute atomic E-state index is 12.1. The fourth-order valence-corrected chi connectivity index (χ4v) is 2.70. The van der Waals surface area contributed by atoms with Gasteiger partial charge in [0.15, 0.2) is 0 Å². The molecule has 0 aliphatic carbocycles. The normalized spacial score (nSPS) is 12.0. The van der Waals surface area contributed by atoms with Gasteiger partial charge in [-0.25, -0.2) is 9.78 Å². The molecule has 3 rings (SSSR count). The largest absolute Gasteiger partial charge is 0.465 e. The number of ether oxygens (including phenoxy) is 2. The topological polar surface area (TPSA) is 95.3 Å². The van der Waals surface area contributed by atoms with Crippen molar-refractivity contribution in [1.82, 2.24) is 14.5 Å². The van der Waals surface area contributed by atoms with Crippen molar-refractivity contribution in [3.05, 3.63) is 64.1 Å². The van der Waals surface area contributed by atoms with E-state index in [1.165, 1.54) is 24.9 Å². The predicted octanol–water partition coefficient (Wildman–Crippen LogP) is 2.36. The zero-order valence-electron chi connectivity index (χ0n) is 15.3. The van der Waals surface area contributed by atoms with Gasteiger partial charge in [-0.15, -0.1) is 0 Å². The quantitative estimate of drug-likeness (QED) is 0.667. The molecule has 0 spiro atoms. The molecule has 0 aliphatic heterocycles. The molecule has 0 radical (unpaired) electrons. The van der Waals surface area contributed by atoms with Crippen LogP contribution in [0.25, 0.3) is 11.0 Å². The van der Waals surface area contributed by atoms with Crippen molar-refractivity contribution in [2.75, 3.05) is 19.5 Å². The molecule has 0 fully saturated rings. The van der Waals surface area contributed by atoms with Crippen LogP contribution in [0.3, 0.4) is 0 Å². The number of nitrogens with one attached hydrogen (secondary N) is 1. The summed E-state index contributed by atoms with van der Waals surface area (Å²) in [6.07, 6.45) is 1.66. The Morgan fingerprint density at radius 2 is 1.93 bits per heavy atom. The summed E-state index contributed by atoms with van der Waals surface area (Å²) in [4.78, 5) is 32.4. The molecule has 27 heavy (non-hydrogen) atoms. The third-order valence-electron chi connectivity index (χ3n) is 4.16. The molecule has 1 atom stereocenters. The maximum Gasteiger partial charge on any atom is 0.337 e. The number of nitrogens with zero attached hydrogens (tertiary/aromatic N) is 3. The fourth-order valence-electron chi connectivity index (χ4n) is 2.70. The van der Waals surface area contributed by atoms with Crippen molar-refractivity contribution in [2.45, 2.75) is 19.7 Å². The molecule has 2 heterocycles. The highest BCUT2D eigenvalue weighted by atomic mass is 16.5. The SMILES string of the molecule is COCn1c(=O)ccc2cnc(N[C@@H](C)c3ccc(C(=O)OC)cc3)nc21. The van der Waals surface area contributed by atoms with E-state index in [1.54, 1.807) is 24.4 Å². The van der Waals surface area contributed by atoms with Crippen molar-refractivity contribution < 1.29 is 14.3 Å². The summed E-state index contributed by atoms with van der Waals surface area (Å²) in [5, 5.41) is 3.95. The van der Waals surface area contributed by atoms with Gasteiger partial charge in [-0.2, -0.15) is 4.98 Å². The summed E-state index contributed by atoms with van der Waals surface area (Å²) in [6, 6.07) is 10.1. The van der Waals surface area contributed by atoms with Gasteiger partial charge in [0.2, 0.25) is 5.95 Å². The summed E-state index contributed by atoms with van der Waals surface area (Å²) in [5.41, 5.74) is 1.74. The lowest BCUT2D eigenvalue weighted by Crippen LogP contribution is -2.21. The van der Waals surface area contributed by atoms with E-state index >= 15 is 0 Å². The van der Waals surface area contributed by atoms with Crippen LogP contribution >= 0.6 is 0 Å². The Bertz CT molecular complexity index is 1010. The van der Waals surface area contributed by atoms with Gasteiger partial charge in [0.1, 0.15) is 12.4 Å².